The molecule has 0 bridgehead atoms. The second-order valence-corrected chi connectivity index (χ2v) is 7.53. The van der Waals surface area contributed by atoms with Crippen LogP contribution in [0.5, 0.6) is 0 Å². The Morgan fingerprint density at radius 3 is 2.41 bits per heavy atom. The highest BCUT2D eigenvalue weighted by Crippen LogP contribution is 2.19. The highest BCUT2D eigenvalue weighted by Gasteiger charge is 2.27. The van der Waals surface area contributed by atoms with E-state index in [1.54, 1.807) is 17.9 Å². The van der Waals surface area contributed by atoms with E-state index in [0.29, 0.717) is 5.02 Å². The third-order valence-corrected chi connectivity index (χ3v) is 4.70. The normalized spacial score (nSPS) is 11.9. The Labute approximate surface area is 166 Å². The Kier molecular flexibility index (Phi) is 7.43. The molecule has 4 nitrogen and oxygen atoms in total. The van der Waals surface area contributed by atoms with E-state index in [1.807, 2.05) is 63.2 Å². The lowest BCUT2D eigenvalue weighted by molar-refractivity contribution is -0.140. The molecule has 1 N–H and O–H groups in total. The molecule has 0 radical (unpaired) electrons. The van der Waals surface area contributed by atoms with Crippen LogP contribution in [-0.4, -0.2) is 28.8 Å². The second-order valence-electron chi connectivity index (χ2n) is 7.12. The average molecular weight is 387 g/mol. The van der Waals surface area contributed by atoms with Gasteiger partial charge in [-0.1, -0.05) is 59.6 Å². The molecule has 0 spiro atoms. The molecule has 0 saturated heterocycles. The number of hydrogen-bond donors (Lipinski definition) is 1. The Bertz CT molecular complexity index is 804. The molecular formula is C22H27ClN2O2. The molecular weight excluding hydrogens is 360 g/mol. The van der Waals surface area contributed by atoms with Gasteiger partial charge >= 0.3 is 0 Å². The second kappa shape index (κ2) is 9.56. The van der Waals surface area contributed by atoms with Crippen LogP contribution in [0.2, 0.25) is 5.02 Å². The summed E-state index contributed by atoms with van der Waals surface area (Å²) in [6, 6.07) is 14.7. The fourth-order valence-corrected chi connectivity index (χ4v) is 3.09. The molecule has 2 aromatic carbocycles. The van der Waals surface area contributed by atoms with Gasteiger partial charge in [0.2, 0.25) is 11.8 Å². The molecule has 27 heavy (non-hydrogen) atoms. The van der Waals surface area contributed by atoms with Crippen LogP contribution in [0.1, 0.15) is 37.5 Å². The van der Waals surface area contributed by atoms with Gasteiger partial charge < -0.3 is 10.2 Å². The fourth-order valence-electron chi connectivity index (χ4n) is 2.90. The summed E-state index contributed by atoms with van der Waals surface area (Å²) >= 11 is 6.28. The summed E-state index contributed by atoms with van der Waals surface area (Å²) in [5.74, 6) is -0.276. The van der Waals surface area contributed by atoms with E-state index in [1.165, 1.54) is 0 Å². The van der Waals surface area contributed by atoms with Crippen molar-refractivity contribution < 1.29 is 9.59 Å². The molecule has 2 amide bonds. The molecule has 1 atom stereocenters. The Hall–Kier alpha value is -2.33. The third kappa shape index (κ3) is 6.10. The molecule has 0 saturated carbocycles. The molecule has 0 aromatic heterocycles. The number of benzene rings is 2. The number of halogens is 1. The predicted molar refractivity (Wildman–Crippen MR) is 110 cm³/mol. The summed E-state index contributed by atoms with van der Waals surface area (Å²) in [5, 5.41) is 3.47. The fraction of sp³-hybridized carbons (Fsp3) is 0.364. The molecule has 144 valence electrons. The molecule has 0 aliphatic heterocycles. The zero-order valence-electron chi connectivity index (χ0n) is 16.3. The summed E-state index contributed by atoms with van der Waals surface area (Å²) in [6.45, 7) is 7.84. The Morgan fingerprint density at radius 1 is 1.07 bits per heavy atom. The molecule has 5 heteroatoms. The number of carbonyl (C=O) groups is 2. The standard InChI is InChI=1S/C22H27ClN2O2/c1-15(2)24-22(27)17(4)25(14-19-10-5-6-11-20(19)23)21(26)13-18-9-7-8-16(3)12-18/h5-12,15,17H,13-14H2,1-4H3,(H,24,27)/t17-/m1/s1. The molecule has 2 aromatic rings. The number of rotatable bonds is 7. The summed E-state index contributed by atoms with van der Waals surface area (Å²) < 4.78 is 0. The smallest absolute Gasteiger partial charge is 0.242 e. The van der Waals surface area contributed by atoms with E-state index in [-0.39, 0.29) is 30.8 Å². The topological polar surface area (TPSA) is 49.4 Å². The third-order valence-electron chi connectivity index (χ3n) is 4.33. The van der Waals surface area contributed by atoms with Crippen molar-refractivity contribution in [1.29, 1.82) is 0 Å². The van der Waals surface area contributed by atoms with Crippen molar-refractivity contribution in [2.75, 3.05) is 0 Å². The molecule has 0 heterocycles. The van der Waals surface area contributed by atoms with E-state index in [0.717, 1.165) is 16.7 Å². The number of nitrogens with one attached hydrogen (secondary N) is 1. The number of nitrogens with zero attached hydrogens (tertiary/aromatic N) is 1. The number of carbonyl (C=O) groups excluding carboxylic acids is 2. The maximum absolute atomic E-state index is 13.1. The van der Waals surface area contributed by atoms with Crippen molar-refractivity contribution >= 4 is 23.4 Å². The van der Waals surface area contributed by atoms with Crippen LogP contribution in [0.25, 0.3) is 0 Å². The summed E-state index contributed by atoms with van der Waals surface area (Å²) in [4.78, 5) is 27.2. The largest absolute Gasteiger partial charge is 0.352 e. The molecule has 2 rings (SSSR count). The van der Waals surface area contributed by atoms with Gasteiger partial charge in [-0.3, -0.25) is 9.59 Å². The quantitative estimate of drug-likeness (QED) is 0.777. The van der Waals surface area contributed by atoms with E-state index in [9.17, 15) is 9.59 Å². The van der Waals surface area contributed by atoms with Crippen LogP contribution < -0.4 is 5.32 Å². The summed E-state index contributed by atoms with van der Waals surface area (Å²) in [7, 11) is 0. The first-order valence-corrected chi connectivity index (χ1v) is 9.54. The molecule has 0 fully saturated rings. The lowest BCUT2D eigenvalue weighted by atomic mass is 10.1. The molecule has 0 aliphatic rings. The highest BCUT2D eigenvalue weighted by atomic mass is 35.5. The maximum Gasteiger partial charge on any atom is 0.242 e. The lowest BCUT2D eigenvalue weighted by Crippen LogP contribution is -2.49. The van der Waals surface area contributed by atoms with Gasteiger partial charge in [-0.05, 0) is 44.9 Å². The minimum atomic E-state index is -0.596. The monoisotopic (exact) mass is 386 g/mol. The predicted octanol–water partition coefficient (Wildman–Crippen LogP) is 4.13. The van der Waals surface area contributed by atoms with Gasteiger partial charge in [0.1, 0.15) is 6.04 Å². The van der Waals surface area contributed by atoms with Gasteiger partial charge in [0.15, 0.2) is 0 Å². The van der Waals surface area contributed by atoms with E-state index >= 15 is 0 Å². The SMILES string of the molecule is Cc1cccc(CC(=O)N(Cc2ccccc2Cl)[C@H](C)C(=O)NC(C)C)c1. The van der Waals surface area contributed by atoms with Crippen LogP contribution in [0.15, 0.2) is 48.5 Å². The van der Waals surface area contributed by atoms with Gasteiger partial charge in [-0.25, -0.2) is 0 Å². The van der Waals surface area contributed by atoms with E-state index in [2.05, 4.69) is 5.32 Å². The first-order valence-electron chi connectivity index (χ1n) is 9.16. The number of aryl methyl sites for hydroxylation is 1. The average Bonchev–Trinajstić information content (AvgIpc) is 2.59. The van der Waals surface area contributed by atoms with Gasteiger partial charge in [0, 0.05) is 17.6 Å². The van der Waals surface area contributed by atoms with Crippen molar-refractivity contribution in [2.45, 2.75) is 52.7 Å². The molecule has 0 aliphatic carbocycles. The highest BCUT2D eigenvalue weighted by molar-refractivity contribution is 6.31. The minimum Gasteiger partial charge on any atom is -0.352 e. The zero-order chi connectivity index (χ0) is 20.0. The number of amides is 2. The minimum absolute atomic E-state index is 0.00832. The summed E-state index contributed by atoms with van der Waals surface area (Å²) in [6.07, 6.45) is 0.241. The first kappa shape index (κ1) is 21.0. The van der Waals surface area contributed by atoms with Crippen LogP contribution in [-0.2, 0) is 22.6 Å². The number of hydrogen-bond acceptors (Lipinski definition) is 2. The van der Waals surface area contributed by atoms with E-state index < -0.39 is 6.04 Å². The zero-order valence-corrected chi connectivity index (χ0v) is 17.1. The van der Waals surface area contributed by atoms with Crippen molar-refractivity contribution in [1.82, 2.24) is 10.2 Å². The molecule has 0 unspecified atom stereocenters. The van der Waals surface area contributed by atoms with Gasteiger partial charge in [-0.15, -0.1) is 0 Å². The van der Waals surface area contributed by atoms with Crippen molar-refractivity contribution in [2.24, 2.45) is 0 Å². The van der Waals surface area contributed by atoms with Crippen LogP contribution >= 0.6 is 11.6 Å². The van der Waals surface area contributed by atoms with Crippen molar-refractivity contribution in [3.05, 3.63) is 70.2 Å². The Balaban J connectivity index is 2.26. The Morgan fingerprint density at radius 2 is 1.78 bits per heavy atom. The van der Waals surface area contributed by atoms with Crippen molar-refractivity contribution in [3.8, 4) is 0 Å². The first-order chi connectivity index (χ1) is 12.8. The lowest BCUT2D eigenvalue weighted by Gasteiger charge is -2.29. The van der Waals surface area contributed by atoms with Crippen LogP contribution in [0.3, 0.4) is 0 Å². The van der Waals surface area contributed by atoms with Crippen LogP contribution in [0, 0.1) is 6.92 Å². The van der Waals surface area contributed by atoms with E-state index in [4.69, 9.17) is 11.6 Å². The van der Waals surface area contributed by atoms with Crippen LogP contribution in [0.4, 0.5) is 0 Å². The van der Waals surface area contributed by atoms with Gasteiger partial charge in [0.05, 0.1) is 6.42 Å². The van der Waals surface area contributed by atoms with Gasteiger partial charge in [-0.2, -0.15) is 0 Å². The maximum atomic E-state index is 13.1. The van der Waals surface area contributed by atoms with Gasteiger partial charge in [0.25, 0.3) is 0 Å². The van der Waals surface area contributed by atoms with Crippen molar-refractivity contribution in [3.63, 3.8) is 0 Å². The summed E-state index contributed by atoms with van der Waals surface area (Å²) in [5.41, 5.74) is 2.85.